The zero-order valence-electron chi connectivity index (χ0n) is 29.3. The second-order valence-corrected chi connectivity index (χ2v) is 15.1. The lowest BCUT2D eigenvalue weighted by Gasteiger charge is -2.10. The minimum Gasteiger partial charge on any atom is -0.456 e. The zero-order valence-corrected chi connectivity index (χ0v) is 30.1. The molecule has 256 valence electrons. The molecule has 0 N–H and O–H groups in total. The number of hydrogen-bond donors (Lipinski definition) is 0. The van der Waals surface area contributed by atoms with E-state index in [0.717, 1.165) is 55.3 Å². The molecule has 0 unspecified atom stereocenters. The van der Waals surface area contributed by atoms with E-state index in [1.54, 1.807) is 11.3 Å². The van der Waals surface area contributed by atoms with Crippen molar-refractivity contribution >= 4 is 86.0 Å². The zero-order chi connectivity index (χ0) is 36.0. The van der Waals surface area contributed by atoms with Crippen molar-refractivity contribution in [2.75, 3.05) is 0 Å². The molecule has 0 aliphatic rings. The van der Waals surface area contributed by atoms with Crippen molar-refractivity contribution in [3.8, 4) is 39.9 Å². The van der Waals surface area contributed by atoms with Crippen LogP contribution in [-0.4, -0.2) is 19.5 Å². The first-order valence-electron chi connectivity index (χ1n) is 18.3. The number of rotatable bonds is 4. The summed E-state index contributed by atoms with van der Waals surface area (Å²) in [5.41, 5.74) is 7.75. The fourth-order valence-electron chi connectivity index (χ4n) is 8.28. The fourth-order valence-corrected chi connectivity index (χ4v) is 9.43. The van der Waals surface area contributed by atoms with Crippen LogP contribution in [0.25, 0.3) is 115 Å². The molecule has 6 heteroatoms. The maximum absolute atomic E-state index is 6.55. The number of aromatic nitrogens is 4. The van der Waals surface area contributed by atoms with Crippen LogP contribution in [0.5, 0.6) is 0 Å². The Morgan fingerprint density at radius 1 is 0.418 bits per heavy atom. The molecule has 12 aromatic rings. The van der Waals surface area contributed by atoms with Gasteiger partial charge in [0, 0.05) is 64.1 Å². The lowest BCUT2D eigenvalue weighted by atomic mass is 10.0. The molecule has 12 rings (SSSR count). The van der Waals surface area contributed by atoms with Crippen LogP contribution in [0, 0.1) is 0 Å². The topological polar surface area (TPSA) is 56.7 Å². The molecule has 0 bridgehead atoms. The number of para-hydroxylation sites is 1. The monoisotopic (exact) mass is 720 g/mol. The van der Waals surface area contributed by atoms with Crippen LogP contribution in [0.15, 0.2) is 174 Å². The molecule has 0 radical (unpaired) electrons. The SMILES string of the molecule is c1ccc(-c2nc(-c3ccc4c(c3)sc3ccccc34)nc(-c3cccc4oc5ccc(-n6c7ccccc7c7cc8ccccc8cc76)cc5c34)n2)cc1. The van der Waals surface area contributed by atoms with Crippen LogP contribution >= 0.6 is 11.3 Å². The highest BCUT2D eigenvalue weighted by atomic mass is 32.1. The van der Waals surface area contributed by atoms with Gasteiger partial charge in [-0.05, 0) is 65.4 Å². The number of thiophene rings is 1. The summed E-state index contributed by atoms with van der Waals surface area (Å²) < 4.78 is 11.4. The van der Waals surface area contributed by atoms with E-state index in [1.807, 2.05) is 42.5 Å². The van der Waals surface area contributed by atoms with Crippen molar-refractivity contribution in [1.29, 1.82) is 0 Å². The Morgan fingerprint density at radius 2 is 1.15 bits per heavy atom. The smallest absolute Gasteiger partial charge is 0.164 e. The Labute approximate surface area is 318 Å². The van der Waals surface area contributed by atoms with Crippen molar-refractivity contribution in [2.24, 2.45) is 0 Å². The van der Waals surface area contributed by atoms with Crippen LogP contribution in [0.2, 0.25) is 0 Å². The summed E-state index contributed by atoms with van der Waals surface area (Å²) in [6.45, 7) is 0. The Morgan fingerprint density at radius 3 is 2.04 bits per heavy atom. The molecular weight excluding hydrogens is 693 g/mol. The molecule has 0 spiro atoms. The van der Waals surface area contributed by atoms with E-state index in [9.17, 15) is 0 Å². The molecule has 0 saturated carbocycles. The number of fused-ring (bicyclic) bond motifs is 10. The van der Waals surface area contributed by atoms with E-state index in [4.69, 9.17) is 19.4 Å². The van der Waals surface area contributed by atoms with Crippen molar-refractivity contribution in [3.63, 3.8) is 0 Å². The van der Waals surface area contributed by atoms with Gasteiger partial charge in [-0.2, -0.15) is 0 Å². The summed E-state index contributed by atoms with van der Waals surface area (Å²) in [5, 5.41) is 9.38. The summed E-state index contributed by atoms with van der Waals surface area (Å²) >= 11 is 1.79. The number of hydrogen-bond acceptors (Lipinski definition) is 5. The summed E-state index contributed by atoms with van der Waals surface area (Å²) in [7, 11) is 0. The van der Waals surface area contributed by atoms with Crippen LogP contribution in [0.1, 0.15) is 0 Å². The second kappa shape index (κ2) is 11.7. The summed E-state index contributed by atoms with van der Waals surface area (Å²) in [6, 6.07) is 59.7. The molecule has 55 heavy (non-hydrogen) atoms. The van der Waals surface area contributed by atoms with Crippen LogP contribution < -0.4 is 0 Å². The maximum atomic E-state index is 6.55. The standard InChI is InChI=1S/C49H28N4OS/c1-2-11-29(12-3-1)47-50-48(32-21-23-36-35-16-7-9-20-44(35)55-45(36)27-32)52-49(51-47)37-17-10-19-43-46(37)39-28-33(22-24-42(39)54-43)53-40-18-8-6-15-34(40)38-25-30-13-4-5-14-31(30)26-41(38)53/h1-28H. The molecule has 0 saturated heterocycles. The lowest BCUT2D eigenvalue weighted by Crippen LogP contribution is -2.00. The van der Waals surface area contributed by atoms with Gasteiger partial charge in [0.25, 0.3) is 0 Å². The molecule has 4 heterocycles. The molecule has 4 aromatic heterocycles. The molecule has 0 fully saturated rings. The van der Waals surface area contributed by atoms with Gasteiger partial charge < -0.3 is 8.98 Å². The third-order valence-corrected chi connectivity index (χ3v) is 12.0. The molecule has 0 aliphatic heterocycles. The molecular formula is C49H28N4OS. The Bertz CT molecular complexity index is 3500. The van der Waals surface area contributed by atoms with E-state index < -0.39 is 0 Å². The highest BCUT2D eigenvalue weighted by Crippen LogP contribution is 2.41. The average molecular weight is 721 g/mol. The van der Waals surface area contributed by atoms with Crippen LogP contribution in [0.4, 0.5) is 0 Å². The predicted octanol–water partition coefficient (Wildman–Crippen LogP) is 13.4. The molecule has 0 amide bonds. The van der Waals surface area contributed by atoms with E-state index in [1.165, 1.54) is 41.7 Å². The Kier molecular flexibility index (Phi) is 6.44. The van der Waals surface area contributed by atoms with Crippen molar-refractivity contribution in [1.82, 2.24) is 19.5 Å². The highest BCUT2D eigenvalue weighted by Gasteiger charge is 2.20. The third kappa shape index (κ3) is 4.68. The minimum absolute atomic E-state index is 0.599. The van der Waals surface area contributed by atoms with Gasteiger partial charge in [0.05, 0.1) is 11.0 Å². The van der Waals surface area contributed by atoms with E-state index in [2.05, 4.69) is 132 Å². The molecule has 8 aromatic carbocycles. The normalized spacial score (nSPS) is 12.0. The first-order valence-corrected chi connectivity index (χ1v) is 19.2. The molecule has 5 nitrogen and oxygen atoms in total. The van der Waals surface area contributed by atoms with Gasteiger partial charge in [-0.3, -0.25) is 0 Å². The van der Waals surface area contributed by atoms with Gasteiger partial charge in [0.15, 0.2) is 17.5 Å². The van der Waals surface area contributed by atoms with Gasteiger partial charge >= 0.3 is 0 Å². The average Bonchev–Trinajstić information content (AvgIpc) is 3.91. The van der Waals surface area contributed by atoms with E-state index in [0.29, 0.717) is 17.5 Å². The fraction of sp³-hybridized carbons (Fsp3) is 0. The Balaban J connectivity index is 1.09. The number of benzene rings is 8. The quantitative estimate of drug-likeness (QED) is 0.182. The molecule has 0 aliphatic carbocycles. The second-order valence-electron chi connectivity index (χ2n) is 14.0. The van der Waals surface area contributed by atoms with E-state index >= 15 is 0 Å². The molecule has 0 atom stereocenters. The maximum Gasteiger partial charge on any atom is 0.164 e. The third-order valence-electron chi connectivity index (χ3n) is 10.8. The van der Waals surface area contributed by atoms with Crippen molar-refractivity contribution in [3.05, 3.63) is 170 Å². The summed E-state index contributed by atoms with van der Waals surface area (Å²) in [6.07, 6.45) is 0. The number of furan rings is 1. The van der Waals surface area contributed by atoms with Gasteiger partial charge in [0.1, 0.15) is 11.2 Å². The van der Waals surface area contributed by atoms with Gasteiger partial charge in [-0.15, -0.1) is 11.3 Å². The van der Waals surface area contributed by atoms with Gasteiger partial charge in [-0.1, -0.05) is 115 Å². The summed E-state index contributed by atoms with van der Waals surface area (Å²) in [5.74, 6) is 1.86. The van der Waals surface area contributed by atoms with Gasteiger partial charge in [-0.25, -0.2) is 15.0 Å². The van der Waals surface area contributed by atoms with E-state index in [-0.39, 0.29) is 0 Å². The lowest BCUT2D eigenvalue weighted by molar-refractivity contribution is 0.669. The number of nitrogens with zero attached hydrogens (tertiary/aromatic N) is 4. The first kappa shape index (κ1) is 30.3. The Hall–Kier alpha value is -7.15. The summed E-state index contributed by atoms with van der Waals surface area (Å²) in [4.78, 5) is 15.4. The first-order chi connectivity index (χ1) is 27.2. The largest absolute Gasteiger partial charge is 0.456 e. The van der Waals surface area contributed by atoms with Crippen LogP contribution in [-0.2, 0) is 0 Å². The van der Waals surface area contributed by atoms with Gasteiger partial charge in [0.2, 0.25) is 0 Å². The predicted molar refractivity (Wildman–Crippen MR) is 228 cm³/mol. The van der Waals surface area contributed by atoms with Crippen LogP contribution in [0.3, 0.4) is 0 Å². The van der Waals surface area contributed by atoms with Crippen molar-refractivity contribution in [2.45, 2.75) is 0 Å². The van der Waals surface area contributed by atoms with Crippen molar-refractivity contribution < 1.29 is 4.42 Å². The highest BCUT2D eigenvalue weighted by molar-refractivity contribution is 7.25. The minimum atomic E-state index is 0.599.